The number of carbonyl (C=O) groups excluding carboxylic acids is 1. The molecule has 2 fully saturated rings. The van der Waals surface area contributed by atoms with Crippen LogP contribution in [0.4, 0.5) is 5.95 Å². The summed E-state index contributed by atoms with van der Waals surface area (Å²) in [5.41, 5.74) is 0.220. The number of amides is 1. The lowest BCUT2D eigenvalue weighted by molar-refractivity contribution is -0.110. The van der Waals surface area contributed by atoms with Crippen molar-refractivity contribution in [2.24, 2.45) is 0 Å². The quantitative estimate of drug-likeness (QED) is 0.893. The summed E-state index contributed by atoms with van der Waals surface area (Å²) in [6, 6.07) is 2.09. The highest BCUT2D eigenvalue weighted by Crippen LogP contribution is 2.36. The Balaban J connectivity index is 1.36. The minimum Gasteiger partial charge on any atom is -0.375 e. The number of aromatic nitrogens is 4. The van der Waals surface area contributed by atoms with E-state index in [1.165, 1.54) is 6.20 Å². The average molecular weight is 354 g/mol. The van der Waals surface area contributed by atoms with Gasteiger partial charge in [0.15, 0.2) is 0 Å². The fourth-order valence-corrected chi connectivity index (χ4v) is 3.74. The highest BCUT2D eigenvalue weighted by Gasteiger charge is 2.41. The Hall–Kier alpha value is -2.61. The van der Waals surface area contributed by atoms with Crippen molar-refractivity contribution in [2.75, 3.05) is 25.0 Å². The van der Waals surface area contributed by atoms with E-state index in [-0.39, 0.29) is 17.6 Å². The van der Waals surface area contributed by atoms with Gasteiger partial charge in [0.1, 0.15) is 5.69 Å². The van der Waals surface area contributed by atoms with Gasteiger partial charge in [-0.3, -0.25) is 9.78 Å². The third-order valence-electron chi connectivity index (χ3n) is 5.14. The summed E-state index contributed by atoms with van der Waals surface area (Å²) in [6.45, 7) is 2.05. The summed E-state index contributed by atoms with van der Waals surface area (Å²) < 4.78 is 6.16. The van der Waals surface area contributed by atoms with E-state index in [0.717, 1.165) is 25.7 Å². The van der Waals surface area contributed by atoms with Gasteiger partial charge in [0.05, 0.1) is 11.8 Å². The lowest BCUT2D eigenvalue weighted by atomic mass is 9.82. The molecule has 0 saturated carbocycles. The molecule has 136 valence electrons. The highest BCUT2D eigenvalue weighted by atomic mass is 16.5. The zero-order valence-electron chi connectivity index (χ0n) is 14.5. The van der Waals surface area contributed by atoms with Gasteiger partial charge in [0.2, 0.25) is 5.95 Å². The van der Waals surface area contributed by atoms with Crippen LogP contribution in [0.1, 0.15) is 36.2 Å². The monoisotopic (exact) mass is 354 g/mol. The van der Waals surface area contributed by atoms with Gasteiger partial charge in [-0.25, -0.2) is 15.0 Å². The molecule has 4 heterocycles. The molecule has 8 heteroatoms. The van der Waals surface area contributed by atoms with Gasteiger partial charge >= 0.3 is 0 Å². The van der Waals surface area contributed by atoms with Gasteiger partial charge in [-0.1, -0.05) is 0 Å². The Bertz CT molecular complexity index is 734. The van der Waals surface area contributed by atoms with E-state index in [0.29, 0.717) is 31.3 Å². The zero-order chi connectivity index (χ0) is 17.8. The van der Waals surface area contributed by atoms with E-state index in [1.807, 2.05) is 4.90 Å². The summed E-state index contributed by atoms with van der Waals surface area (Å²) in [6.07, 6.45) is 11.6. The van der Waals surface area contributed by atoms with Crippen molar-refractivity contribution in [2.45, 2.75) is 37.3 Å². The van der Waals surface area contributed by atoms with E-state index in [2.05, 4.69) is 25.3 Å². The Morgan fingerprint density at radius 3 is 2.69 bits per heavy atom. The van der Waals surface area contributed by atoms with Gasteiger partial charge in [-0.15, -0.1) is 0 Å². The number of carbonyl (C=O) groups is 1. The third kappa shape index (κ3) is 3.65. The summed E-state index contributed by atoms with van der Waals surface area (Å²) >= 11 is 0. The molecule has 2 aromatic heterocycles. The van der Waals surface area contributed by atoms with E-state index in [1.54, 1.807) is 30.9 Å². The lowest BCUT2D eigenvalue weighted by Crippen LogP contribution is -2.52. The van der Waals surface area contributed by atoms with Gasteiger partial charge in [-0.2, -0.15) is 0 Å². The number of rotatable bonds is 3. The summed E-state index contributed by atoms with van der Waals surface area (Å²) in [4.78, 5) is 31.0. The Morgan fingerprint density at radius 1 is 1.15 bits per heavy atom. The van der Waals surface area contributed by atoms with Crippen molar-refractivity contribution in [1.29, 1.82) is 0 Å². The van der Waals surface area contributed by atoms with Crippen LogP contribution in [-0.4, -0.2) is 62.1 Å². The van der Waals surface area contributed by atoms with Crippen LogP contribution in [-0.2, 0) is 4.74 Å². The standard InChI is InChI=1S/C18H22N6O2/c25-16(15-13-19-7-8-20-15)24-9-3-18(4-10-24)12-14(2-11-26-18)23-17-21-5-1-6-22-17/h1,5-8,13-14H,2-4,9-12H2,(H,21,22,23). The number of ether oxygens (including phenoxy) is 1. The smallest absolute Gasteiger partial charge is 0.274 e. The molecule has 0 radical (unpaired) electrons. The average Bonchev–Trinajstić information content (AvgIpc) is 2.70. The van der Waals surface area contributed by atoms with Gasteiger partial charge in [-0.05, 0) is 31.7 Å². The minimum absolute atomic E-state index is 0.0591. The first-order valence-corrected chi connectivity index (χ1v) is 8.97. The number of likely N-dealkylation sites (tertiary alicyclic amines) is 1. The molecule has 0 aromatic carbocycles. The van der Waals surface area contributed by atoms with Gasteiger partial charge in [0.25, 0.3) is 5.91 Å². The van der Waals surface area contributed by atoms with Crippen LogP contribution in [0.25, 0.3) is 0 Å². The third-order valence-corrected chi connectivity index (χ3v) is 5.14. The molecule has 1 N–H and O–H groups in total. The predicted molar refractivity (Wildman–Crippen MR) is 94.5 cm³/mol. The van der Waals surface area contributed by atoms with Gasteiger partial charge < -0.3 is 15.0 Å². The van der Waals surface area contributed by atoms with E-state index in [4.69, 9.17) is 4.74 Å². The maximum atomic E-state index is 12.5. The molecule has 8 nitrogen and oxygen atoms in total. The molecular formula is C18H22N6O2. The zero-order valence-corrected chi connectivity index (χ0v) is 14.5. The fourth-order valence-electron chi connectivity index (χ4n) is 3.74. The molecule has 2 saturated heterocycles. The molecule has 26 heavy (non-hydrogen) atoms. The van der Waals surface area contributed by atoms with E-state index in [9.17, 15) is 4.79 Å². The molecule has 2 aliphatic heterocycles. The summed E-state index contributed by atoms with van der Waals surface area (Å²) in [7, 11) is 0. The molecular weight excluding hydrogens is 332 g/mol. The van der Waals surface area contributed by atoms with Gasteiger partial charge in [0, 0.05) is 50.5 Å². The number of hydrogen-bond donors (Lipinski definition) is 1. The second-order valence-corrected chi connectivity index (χ2v) is 6.82. The largest absolute Gasteiger partial charge is 0.375 e. The first kappa shape index (κ1) is 16.8. The van der Waals surface area contributed by atoms with Crippen molar-refractivity contribution in [3.8, 4) is 0 Å². The molecule has 2 aromatic rings. The Labute approximate surface area is 152 Å². The SMILES string of the molecule is O=C(c1cnccn1)N1CCC2(CC1)CC(Nc1ncccn1)CCO2. The summed E-state index contributed by atoms with van der Waals surface area (Å²) in [5.74, 6) is 0.598. The number of hydrogen-bond acceptors (Lipinski definition) is 7. The molecule has 0 bridgehead atoms. The Kier molecular flexibility index (Phi) is 4.75. The first-order valence-electron chi connectivity index (χ1n) is 8.97. The summed E-state index contributed by atoms with van der Waals surface area (Å²) in [5, 5.41) is 3.41. The van der Waals surface area contributed by atoms with E-state index < -0.39 is 0 Å². The molecule has 1 unspecified atom stereocenters. The van der Waals surface area contributed by atoms with Crippen molar-refractivity contribution in [3.05, 3.63) is 42.7 Å². The van der Waals surface area contributed by atoms with Crippen molar-refractivity contribution >= 4 is 11.9 Å². The molecule has 4 rings (SSSR count). The number of anilines is 1. The molecule has 0 aliphatic carbocycles. The van der Waals surface area contributed by atoms with Crippen LogP contribution in [0.2, 0.25) is 0 Å². The fraction of sp³-hybridized carbons (Fsp3) is 0.500. The lowest BCUT2D eigenvalue weighted by Gasteiger charge is -2.46. The second-order valence-electron chi connectivity index (χ2n) is 6.82. The molecule has 1 spiro atoms. The number of nitrogens with zero attached hydrogens (tertiary/aromatic N) is 5. The highest BCUT2D eigenvalue weighted by molar-refractivity contribution is 5.92. The maximum Gasteiger partial charge on any atom is 0.274 e. The minimum atomic E-state index is -0.177. The maximum absolute atomic E-state index is 12.5. The molecule has 1 amide bonds. The topological polar surface area (TPSA) is 93.1 Å². The molecule has 2 aliphatic rings. The number of nitrogens with one attached hydrogen (secondary N) is 1. The Morgan fingerprint density at radius 2 is 1.96 bits per heavy atom. The van der Waals surface area contributed by atoms with Crippen LogP contribution in [0, 0.1) is 0 Å². The molecule has 1 atom stereocenters. The van der Waals surface area contributed by atoms with Crippen molar-refractivity contribution < 1.29 is 9.53 Å². The van der Waals surface area contributed by atoms with Crippen LogP contribution >= 0.6 is 0 Å². The number of piperidine rings is 1. The second kappa shape index (κ2) is 7.33. The van der Waals surface area contributed by atoms with Crippen LogP contribution < -0.4 is 5.32 Å². The van der Waals surface area contributed by atoms with Crippen LogP contribution in [0.5, 0.6) is 0 Å². The van der Waals surface area contributed by atoms with Crippen LogP contribution in [0.15, 0.2) is 37.1 Å². The first-order chi connectivity index (χ1) is 12.7. The van der Waals surface area contributed by atoms with E-state index >= 15 is 0 Å². The normalized spacial score (nSPS) is 22.2. The predicted octanol–water partition coefficient (Wildman–Crippen LogP) is 1.53. The van der Waals surface area contributed by atoms with Crippen molar-refractivity contribution in [1.82, 2.24) is 24.8 Å². The van der Waals surface area contributed by atoms with Crippen LogP contribution in [0.3, 0.4) is 0 Å². The van der Waals surface area contributed by atoms with Crippen molar-refractivity contribution in [3.63, 3.8) is 0 Å².